The largest absolute Gasteiger partial charge is 0.392 e. The van der Waals surface area contributed by atoms with Crippen LogP contribution in [0.3, 0.4) is 0 Å². The first-order valence-corrected chi connectivity index (χ1v) is 6.35. The number of hydrogen-bond acceptors (Lipinski definition) is 1. The molecular formula is C15H16F3N. The van der Waals surface area contributed by atoms with Gasteiger partial charge in [0.25, 0.3) is 0 Å². The molecule has 1 nitrogen and oxygen atoms in total. The van der Waals surface area contributed by atoms with Crippen molar-refractivity contribution in [1.29, 1.82) is 5.26 Å². The monoisotopic (exact) mass is 267 g/mol. The normalized spacial score (nSPS) is 18.9. The number of fused-ring (bicyclic) bond motifs is 1. The maximum atomic E-state index is 12.9. The molecule has 1 aliphatic rings. The topological polar surface area (TPSA) is 23.8 Å². The molecular weight excluding hydrogens is 251 g/mol. The molecule has 0 N–H and O–H groups in total. The van der Waals surface area contributed by atoms with Crippen molar-refractivity contribution in [2.24, 2.45) is 5.92 Å². The van der Waals surface area contributed by atoms with Gasteiger partial charge in [-0.05, 0) is 67.9 Å². The van der Waals surface area contributed by atoms with Crippen molar-refractivity contribution in [3.63, 3.8) is 0 Å². The molecule has 1 aromatic carbocycles. The third-order valence-electron chi connectivity index (χ3n) is 4.35. The lowest BCUT2D eigenvalue weighted by Crippen LogP contribution is -2.30. The number of nitrogens with zero attached hydrogens (tertiary/aromatic N) is 1. The first-order valence-electron chi connectivity index (χ1n) is 6.35. The summed E-state index contributed by atoms with van der Waals surface area (Å²) >= 11 is 0. The predicted octanol–water partition coefficient (Wildman–Crippen LogP) is 4.15. The summed E-state index contributed by atoms with van der Waals surface area (Å²) in [4.78, 5) is 0. The third-order valence-corrected chi connectivity index (χ3v) is 4.35. The summed E-state index contributed by atoms with van der Waals surface area (Å²) in [6.07, 6.45) is -3.52. The molecule has 0 bridgehead atoms. The number of alkyl halides is 3. The van der Waals surface area contributed by atoms with Crippen molar-refractivity contribution in [2.45, 2.75) is 46.2 Å². The molecule has 0 radical (unpaired) electrons. The van der Waals surface area contributed by atoms with E-state index >= 15 is 0 Å². The predicted molar refractivity (Wildman–Crippen MR) is 66.9 cm³/mol. The first-order chi connectivity index (χ1) is 8.77. The Morgan fingerprint density at radius 2 is 1.68 bits per heavy atom. The van der Waals surface area contributed by atoms with Crippen LogP contribution in [0.15, 0.2) is 0 Å². The Bertz CT molecular complexity index is 564. The second-order valence-corrected chi connectivity index (χ2v) is 5.30. The smallest absolute Gasteiger partial charge is 0.192 e. The number of halogens is 3. The molecule has 0 spiro atoms. The van der Waals surface area contributed by atoms with Gasteiger partial charge in [-0.25, -0.2) is 0 Å². The average molecular weight is 267 g/mol. The SMILES string of the molecule is Cc1c(C)c2c(c(C)c1C#N)CCC(C(F)(F)F)C2. The van der Waals surface area contributed by atoms with Crippen LogP contribution in [0.5, 0.6) is 0 Å². The van der Waals surface area contributed by atoms with Crippen molar-refractivity contribution < 1.29 is 13.2 Å². The van der Waals surface area contributed by atoms with E-state index in [2.05, 4.69) is 6.07 Å². The van der Waals surface area contributed by atoms with E-state index in [9.17, 15) is 18.4 Å². The Morgan fingerprint density at radius 1 is 1.05 bits per heavy atom. The van der Waals surface area contributed by atoms with Crippen LogP contribution in [-0.2, 0) is 12.8 Å². The lowest BCUT2D eigenvalue weighted by Gasteiger charge is -2.30. The minimum atomic E-state index is -4.13. The van der Waals surface area contributed by atoms with Gasteiger partial charge >= 0.3 is 6.18 Å². The van der Waals surface area contributed by atoms with Crippen LogP contribution in [0.1, 0.15) is 39.8 Å². The lowest BCUT2D eigenvalue weighted by molar-refractivity contribution is -0.177. The molecule has 1 atom stereocenters. The van der Waals surface area contributed by atoms with Crippen molar-refractivity contribution >= 4 is 0 Å². The molecule has 19 heavy (non-hydrogen) atoms. The molecule has 4 heteroatoms. The van der Waals surface area contributed by atoms with Gasteiger partial charge in [-0.3, -0.25) is 0 Å². The van der Waals surface area contributed by atoms with Crippen LogP contribution in [0.2, 0.25) is 0 Å². The molecule has 0 amide bonds. The Morgan fingerprint density at radius 3 is 2.21 bits per heavy atom. The summed E-state index contributed by atoms with van der Waals surface area (Å²) in [5.74, 6) is -1.24. The maximum Gasteiger partial charge on any atom is 0.392 e. The average Bonchev–Trinajstić information content (AvgIpc) is 2.35. The Hall–Kier alpha value is -1.50. The van der Waals surface area contributed by atoms with Crippen molar-refractivity contribution in [3.8, 4) is 6.07 Å². The van der Waals surface area contributed by atoms with Gasteiger partial charge in [0.2, 0.25) is 0 Å². The fraction of sp³-hybridized carbons (Fsp3) is 0.533. The standard InChI is InChI=1S/C15H16F3N/c1-8-9(2)14(7-19)10(3)12-5-4-11(6-13(8)12)15(16,17)18/h11H,4-6H2,1-3H3. The summed E-state index contributed by atoms with van der Waals surface area (Å²) in [7, 11) is 0. The van der Waals surface area contributed by atoms with E-state index in [4.69, 9.17) is 0 Å². The van der Waals surface area contributed by atoms with Crippen LogP contribution < -0.4 is 0 Å². The number of nitriles is 1. The van der Waals surface area contributed by atoms with Gasteiger partial charge < -0.3 is 0 Å². The summed E-state index contributed by atoms with van der Waals surface area (Å²) < 4.78 is 38.6. The number of hydrogen-bond donors (Lipinski definition) is 0. The first kappa shape index (κ1) is 13.9. The Labute approximate surface area is 111 Å². The van der Waals surface area contributed by atoms with E-state index in [0.29, 0.717) is 12.0 Å². The second kappa shape index (κ2) is 4.56. The molecule has 0 aliphatic heterocycles. The zero-order valence-corrected chi connectivity index (χ0v) is 11.3. The number of benzene rings is 1. The van der Waals surface area contributed by atoms with Crippen LogP contribution in [0.25, 0.3) is 0 Å². The fourth-order valence-corrected chi connectivity index (χ4v) is 3.03. The lowest BCUT2D eigenvalue weighted by atomic mass is 9.77. The molecule has 0 fully saturated rings. The van der Waals surface area contributed by atoms with Gasteiger partial charge in [-0.1, -0.05) is 0 Å². The van der Waals surface area contributed by atoms with E-state index in [1.165, 1.54) is 0 Å². The van der Waals surface area contributed by atoms with Gasteiger partial charge in [0.1, 0.15) is 0 Å². The minimum absolute atomic E-state index is 0.0536. The van der Waals surface area contributed by atoms with Crippen molar-refractivity contribution in [3.05, 3.63) is 33.4 Å². The number of rotatable bonds is 0. The van der Waals surface area contributed by atoms with E-state index in [0.717, 1.165) is 27.8 Å². The molecule has 0 aromatic heterocycles. The highest BCUT2D eigenvalue weighted by Crippen LogP contribution is 2.40. The molecule has 2 rings (SSSR count). The highest BCUT2D eigenvalue weighted by Gasteiger charge is 2.42. The minimum Gasteiger partial charge on any atom is -0.192 e. The van der Waals surface area contributed by atoms with Crippen LogP contribution in [0.4, 0.5) is 13.2 Å². The summed E-state index contributed by atoms with van der Waals surface area (Å²) in [6, 6.07) is 2.17. The van der Waals surface area contributed by atoms with E-state index in [1.807, 2.05) is 20.8 Å². The van der Waals surface area contributed by atoms with E-state index in [-0.39, 0.29) is 12.8 Å². The molecule has 0 heterocycles. The summed E-state index contributed by atoms with van der Waals surface area (Å²) in [6.45, 7) is 5.49. The molecule has 1 unspecified atom stereocenters. The zero-order valence-electron chi connectivity index (χ0n) is 11.3. The molecule has 0 saturated carbocycles. The van der Waals surface area contributed by atoms with Crippen LogP contribution in [-0.4, -0.2) is 6.18 Å². The van der Waals surface area contributed by atoms with Gasteiger partial charge in [0, 0.05) is 0 Å². The van der Waals surface area contributed by atoms with E-state index in [1.54, 1.807) is 0 Å². The molecule has 0 saturated heterocycles. The maximum absolute atomic E-state index is 12.9. The Balaban J connectivity index is 2.56. The van der Waals surface area contributed by atoms with Gasteiger partial charge in [0.05, 0.1) is 17.6 Å². The van der Waals surface area contributed by atoms with Crippen LogP contribution in [0, 0.1) is 38.0 Å². The summed E-state index contributed by atoms with van der Waals surface area (Å²) in [5.41, 5.74) is 4.93. The molecule has 1 aromatic rings. The second-order valence-electron chi connectivity index (χ2n) is 5.30. The van der Waals surface area contributed by atoms with Gasteiger partial charge in [0.15, 0.2) is 0 Å². The highest BCUT2D eigenvalue weighted by atomic mass is 19.4. The molecule has 102 valence electrons. The van der Waals surface area contributed by atoms with Gasteiger partial charge in [-0.2, -0.15) is 18.4 Å². The van der Waals surface area contributed by atoms with E-state index < -0.39 is 12.1 Å². The molecule has 1 aliphatic carbocycles. The highest BCUT2D eigenvalue weighted by molar-refractivity contribution is 5.56. The fourth-order valence-electron chi connectivity index (χ4n) is 3.03. The zero-order chi connectivity index (χ0) is 14.4. The van der Waals surface area contributed by atoms with Gasteiger partial charge in [-0.15, -0.1) is 0 Å². The van der Waals surface area contributed by atoms with Crippen LogP contribution >= 0.6 is 0 Å². The quantitative estimate of drug-likeness (QED) is 0.692. The van der Waals surface area contributed by atoms with Crippen molar-refractivity contribution in [2.75, 3.05) is 0 Å². The summed E-state index contributed by atoms with van der Waals surface area (Å²) in [5, 5.41) is 9.18. The third kappa shape index (κ3) is 2.22. The van der Waals surface area contributed by atoms with Crippen molar-refractivity contribution in [1.82, 2.24) is 0 Å². The Kier molecular flexibility index (Phi) is 3.34.